The molecule has 2 aromatic heterocycles. The van der Waals surface area contributed by atoms with Gasteiger partial charge in [-0.3, -0.25) is 14.7 Å². The van der Waals surface area contributed by atoms with Crippen molar-refractivity contribution in [1.82, 2.24) is 9.97 Å². The number of aryl methyl sites for hydroxylation is 1. The zero-order chi connectivity index (χ0) is 22.4. The molecule has 1 amide bonds. The minimum atomic E-state index is -0.634. The number of amides is 1. The molecule has 2 heterocycles. The standard InChI is InChI=1S/C23H23FN4O3/c1-3-31-23(30)28(2)20-9-7-16(12-18(20)24)19-8-6-17(14-26-19)21(29)10-4-15-5-11-22(25)27-13-15/h5-9,11-14H,3-4,10H2,1-2H3,(H2,25,27). The van der Waals surface area contributed by atoms with E-state index in [4.69, 9.17) is 10.5 Å². The summed E-state index contributed by atoms with van der Waals surface area (Å²) in [6.07, 6.45) is 3.37. The van der Waals surface area contributed by atoms with Crippen molar-refractivity contribution >= 4 is 23.4 Å². The van der Waals surface area contributed by atoms with Gasteiger partial charge in [-0.15, -0.1) is 0 Å². The van der Waals surface area contributed by atoms with Crippen molar-refractivity contribution in [3.8, 4) is 11.3 Å². The minimum Gasteiger partial charge on any atom is -0.449 e. The molecule has 0 aliphatic rings. The average Bonchev–Trinajstić information content (AvgIpc) is 2.78. The monoisotopic (exact) mass is 422 g/mol. The predicted octanol–water partition coefficient (Wildman–Crippen LogP) is 4.27. The molecule has 2 N–H and O–H groups in total. The summed E-state index contributed by atoms with van der Waals surface area (Å²) in [7, 11) is 1.44. The van der Waals surface area contributed by atoms with Gasteiger partial charge in [0.05, 0.1) is 18.0 Å². The maximum atomic E-state index is 14.5. The lowest BCUT2D eigenvalue weighted by Gasteiger charge is -2.17. The summed E-state index contributed by atoms with van der Waals surface area (Å²) >= 11 is 0. The molecular weight excluding hydrogens is 399 g/mol. The fourth-order valence-electron chi connectivity index (χ4n) is 2.97. The number of rotatable bonds is 7. The van der Waals surface area contributed by atoms with Crippen LogP contribution < -0.4 is 10.6 Å². The third kappa shape index (κ3) is 5.42. The molecule has 7 nitrogen and oxygen atoms in total. The topological polar surface area (TPSA) is 98.4 Å². The fraction of sp³-hybridized carbons (Fsp3) is 0.217. The van der Waals surface area contributed by atoms with Crippen molar-refractivity contribution in [1.29, 1.82) is 0 Å². The molecule has 3 aromatic rings. The molecule has 31 heavy (non-hydrogen) atoms. The number of nitrogen functional groups attached to an aromatic ring is 1. The van der Waals surface area contributed by atoms with Crippen LogP contribution in [0.3, 0.4) is 0 Å². The Morgan fingerprint density at radius 1 is 1.10 bits per heavy atom. The van der Waals surface area contributed by atoms with Crippen molar-refractivity contribution in [3.63, 3.8) is 0 Å². The van der Waals surface area contributed by atoms with E-state index in [-0.39, 0.29) is 18.1 Å². The van der Waals surface area contributed by atoms with Crippen LogP contribution in [0.25, 0.3) is 11.3 Å². The maximum Gasteiger partial charge on any atom is 0.414 e. The first-order valence-corrected chi connectivity index (χ1v) is 9.79. The first-order chi connectivity index (χ1) is 14.9. The second kappa shape index (κ2) is 9.80. The number of Topliss-reactive ketones (excluding diaryl/α,β-unsaturated/α-hetero) is 1. The SMILES string of the molecule is CCOC(=O)N(C)c1ccc(-c2ccc(C(=O)CCc3ccc(N)nc3)cn2)cc1F. The summed E-state index contributed by atoms with van der Waals surface area (Å²) in [5.74, 6) is -0.188. The van der Waals surface area contributed by atoms with E-state index in [0.29, 0.717) is 35.5 Å². The molecule has 160 valence electrons. The molecule has 0 unspecified atom stereocenters. The molecule has 0 spiro atoms. The highest BCUT2D eigenvalue weighted by Crippen LogP contribution is 2.25. The van der Waals surface area contributed by atoms with Crippen molar-refractivity contribution in [3.05, 3.63) is 71.8 Å². The highest BCUT2D eigenvalue weighted by molar-refractivity contribution is 5.96. The van der Waals surface area contributed by atoms with Gasteiger partial charge in [-0.05, 0) is 49.2 Å². The van der Waals surface area contributed by atoms with Crippen LogP contribution in [-0.4, -0.2) is 35.5 Å². The molecule has 0 radical (unpaired) electrons. The molecule has 0 aliphatic heterocycles. The molecule has 0 fully saturated rings. The number of hydrogen-bond donors (Lipinski definition) is 1. The second-order valence-corrected chi connectivity index (χ2v) is 6.87. The number of nitrogens with two attached hydrogens (primary N) is 1. The van der Waals surface area contributed by atoms with Crippen LogP contribution >= 0.6 is 0 Å². The van der Waals surface area contributed by atoms with Gasteiger partial charge in [0.1, 0.15) is 11.6 Å². The molecule has 0 atom stereocenters. The molecule has 1 aromatic carbocycles. The highest BCUT2D eigenvalue weighted by Gasteiger charge is 2.17. The molecule has 3 rings (SSSR count). The van der Waals surface area contributed by atoms with Gasteiger partial charge in [0, 0.05) is 37.0 Å². The zero-order valence-electron chi connectivity index (χ0n) is 17.3. The lowest BCUT2D eigenvalue weighted by atomic mass is 10.0. The summed E-state index contributed by atoms with van der Waals surface area (Å²) < 4.78 is 19.4. The number of pyridine rings is 2. The number of ketones is 1. The smallest absolute Gasteiger partial charge is 0.414 e. The normalized spacial score (nSPS) is 10.5. The Balaban J connectivity index is 1.67. The first-order valence-electron chi connectivity index (χ1n) is 9.79. The summed E-state index contributed by atoms with van der Waals surface area (Å²) in [4.78, 5) is 33.6. The van der Waals surface area contributed by atoms with Crippen LogP contribution in [0.5, 0.6) is 0 Å². The van der Waals surface area contributed by atoms with Crippen LogP contribution in [0, 0.1) is 5.82 Å². The van der Waals surface area contributed by atoms with Crippen LogP contribution in [0.4, 0.5) is 20.7 Å². The predicted molar refractivity (Wildman–Crippen MR) is 116 cm³/mol. The maximum absolute atomic E-state index is 14.5. The summed E-state index contributed by atoms with van der Waals surface area (Å²) in [5, 5.41) is 0. The zero-order valence-corrected chi connectivity index (χ0v) is 17.3. The lowest BCUT2D eigenvalue weighted by Crippen LogP contribution is -2.27. The molecular formula is C23H23FN4O3. The molecule has 0 aliphatic carbocycles. The number of aromatic nitrogens is 2. The van der Waals surface area contributed by atoms with E-state index < -0.39 is 11.9 Å². The summed E-state index contributed by atoms with van der Waals surface area (Å²) in [6.45, 7) is 1.88. The van der Waals surface area contributed by atoms with E-state index >= 15 is 0 Å². The van der Waals surface area contributed by atoms with Gasteiger partial charge in [-0.1, -0.05) is 12.1 Å². The molecule has 0 saturated carbocycles. The Labute approximate surface area is 179 Å². The Morgan fingerprint density at radius 2 is 1.90 bits per heavy atom. The van der Waals surface area contributed by atoms with E-state index in [9.17, 15) is 14.0 Å². The van der Waals surface area contributed by atoms with E-state index in [0.717, 1.165) is 10.5 Å². The van der Waals surface area contributed by atoms with Crippen molar-refractivity contribution in [2.45, 2.75) is 19.8 Å². The van der Waals surface area contributed by atoms with Gasteiger partial charge in [-0.2, -0.15) is 0 Å². The first kappa shape index (κ1) is 21.9. The molecule has 0 bridgehead atoms. The average molecular weight is 422 g/mol. The van der Waals surface area contributed by atoms with E-state index in [2.05, 4.69) is 9.97 Å². The Morgan fingerprint density at radius 3 is 2.52 bits per heavy atom. The number of carbonyl (C=O) groups excluding carboxylic acids is 2. The number of nitrogens with zero attached hydrogens (tertiary/aromatic N) is 3. The largest absolute Gasteiger partial charge is 0.449 e. The number of halogens is 1. The van der Waals surface area contributed by atoms with Gasteiger partial charge in [0.2, 0.25) is 0 Å². The molecule has 0 saturated heterocycles. The number of ether oxygens (including phenoxy) is 1. The quantitative estimate of drug-likeness (QED) is 0.571. The summed E-state index contributed by atoms with van der Waals surface area (Å²) in [5.41, 5.74) is 8.12. The van der Waals surface area contributed by atoms with Crippen molar-refractivity contribution in [2.24, 2.45) is 0 Å². The van der Waals surface area contributed by atoms with Gasteiger partial charge in [0.25, 0.3) is 0 Å². The van der Waals surface area contributed by atoms with E-state index in [1.165, 1.54) is 25.4 Å². The lowest BCUT2D eigenvalue weighted by molar-refractivity contribution is 0.0982. The van der Waals surface area contributed by atoms with E-state index in [1.54, 1.807) is 37.4 Å². The Bertz CT molecular complexity index is 1070. The van der Waals surface area contributed by atoms with Crippen molar-refractivity contribution in [2.75, 3.05) is 24.3 Å². The molecule has 8 heteroatoms. The Kier molecular flexibility index (Phi) is 6.92. The van der Waals surface area contributed by atoms with Crippen molar-refractivity contribution < 1.29 is 18.7 Å². The number of anilines is 2. The minimum absolute atomic E-state index is 0.0477. The number of hydrogen-bond acceptors (Lipinski definition) is 6. The fourth-order valence-corrected chi connectivity index (χ4v) is 2.97. The Hall–Kier alpha value is -3.81. The van der Waals surface area contributed by atoms with Crippen LogP contribution in [0.2, 0.25) is 0 Å². The number of benzene rings is 1. The van der Waals surface area contributed by atoms with Gasteiger partial charge in [-0.25, -0.2) is 14.2 Å². The van der Waals surface area contributed by atoms with Gasteiger partial charge in [0.15, 0.2) is 5.78 Å². The van der Waals surface area contributed by atoms with Gasteiger partial charge >= 0.3 is 6.09 Å². The highest BCUT2D eigenvalue weighted by atomic mass is 19.1. The third-order valence-electron chi connectivity index (χ3n) is 4.72. The van der Waals surface area contributed by atoms with Crippen LogP contribution in [0.1, 0.15) is 29.3 Å². The number of carbonyl (C=O) groups is 2. The van der Waals surface area contributed by atoms with Crippen LogP contribution in [-0.2, 0) is 11.2 Å². The van der Waals surface area contributed by atoms with Gasteiger partial charge < -0.3 is 10.5 Å². The van der Waals surface area contributed by atoms with Crippen LogP contribution in [0.15, 0.2) is 54.9 Å². The van der Waals surface area contributed by atoms with E-state index in [1.807, 2.05) is 6.07 Å². The second-order valence-electron chi connectivity index (χ2n) is 6.87. The summed E-state index contributed by atoms with van der Waals surface area (Å²) in [6, 6.07) is 11.3. The third-order valence-corrected chi connectivity index (χ3v) is 4.72.